The fourth-order valence-electron chi connectivity index (χ4n) is 4.98. The first-order valence-corrected chi connectivity index (χ1v) is 16.8. The van der Waals surface area contributed by atoms with Gasteiger partial charge in [0.2, 0.25) is 11.8 Å². The number of carbonyl (C=O) groups is 2. The molecular weight excluding hydrogens is 606 g/mol. The average Bonchev–Trinajstić information content (AvgIpc) is 3.02. The Balaban J connectivity index is 1.81. The average molecular weight is 646 g/mol. The second kappa shape index (κ2) is 15.2. The first kappa shape index (κ1) is 33.7. The molecule has 0 spiro atoms. The van der Waals surface area contributed by atoms with E-state index in [2.05, 4.69) is 5.32 Å². The Hall–Kier alpha value is -4.14. The van der Waals surface area contributed by atoms with E-state index in [1.807, 2.05) is 70.2 Å². The minimum absolute atomic E-state index is 0.0526. The first-order chi connectivity index (χ1) is 21.5. The van der Waals surface area contributed by atoms with Gasteiger partial charge in [-0.25, -0.2) is 8.42 Å². The third kappa shape index (κ3) is 8.96. The highest BCUT2D eigenvalue weighted by molar-refractivity contribution is 7.92. The fraction of sp³-hybridized carbons (Fsp3) is 0.278. The van der Waals surface area contributed by atoms with Crippen molar-refractivity contribution >= 4 is 39.1 Å². The summed E-state index contributed by atoms with van der Waals surface area (Å²) in [6.07, 6.45) is 0.951. The van der Waals surface area contributed by atoms with Crippen molar-refractivity contribution in [2.24, 2.45) is 0 Å². The Labute approximate surface area is 271 Å². The Morgan fingerprint density at radius 1 is 0.822 bits per heavy atom. The molecule has 4 aromatic rings. The second-order valence-electron chi connectivity index (χ2n) is 11.3. The SMILES string of the molecule is CC[C@@H](C)NC(=O)[C@@H](Cc1ccccc1)N(Cc1cccc(Cl)c1)C(=O)CN(c1cccc(C)c1)S(=O)(=O)c1ccc(C)cc1. The van der Waals surface area contributed by atoms with Crippen LogP contribution in [0.25, 0.3) is 0 Å². The van der Waals surface area contributed by atoms with Gasteiger partial charge in [0.1, 0.15) is 12.6 Å². The number of benzene rings is 4. The van der Waals surface area contributed by atoms with Gasteiger partial charge in [-0.15, -0.1) is 0 Å². The van der Waals surface area contributed by atoms with Gasteiger partial charge in [-0.1, -0.05) is 90.8 Å². The smallest absolute Gasteiger partial charge is 0.264 e. The van der Waals surface area contributed by atoms with Crippen molar-refractivity contribution in [3.8, 4) is 0 Å². The molecule has 0 fully saturated rings. The molecule has 0 heterocycles. The molecule has 0 bridgehead atoms. The van der Waals surface area contributed by atoms with Crippen molar-refractivity contribution in [1.29, 1.82) is 0 Å². The molecule has 0 radical (unpaired) electrons. The Bertz CT molecular complexity index is 1710. The predicted molar refractivity (Wildman–Crippen MR) is 181 cm³/mol. The van der Waals surface area contributed by atoms with Crippen LogP contribution in [0, 0.1) is 13.8 Å². The van der Waals surface area contributed by atoms with Gasteiger partial charge in [-0.2, -0.15) is 0 Å². The number of hydrogen-bond acceptors (Lipinski definition) is 4. The summed E-state index contributed by atoms with van der Waals surface area (Å²) in [7, 11) is -4.16. The van der Waals surface area contributed by atoms with Crippen LogP contribution in [0.2, 0.25) is 5.02 Å². The number of rotatable bonds is 13. The van der Waals surface area contributed by atoms with Gasteiger partial charge in [-0.05, 0) is 80.3 Å². The maximum Gasteiger partial charge on any atom is 0.264 e. The first-order valence-electron chi connectivity index (χ1n) is 15.0. The Kier molecular flexibility index (Phi) is 11.4. The van der Waals surface area contributed by atoms with Crippen LogP contribution in [0.15, 0.2) is 108 Å². The van der Waals surface area contributed by atoms with Crippen LogP contribution < -0.4 is 9.62 Å². The van der Waals surface area contributed by atoms with E-state index in [-0.39, 0.29) is 29.8 Å². The van der Waals surface area contributed by atoms with Crippen LogP contribution >= 0.6 is 11.6 Å². The molecule has 45 heavy (non-hydrogen) atoms. The van der Waals surface area contributed by atoms with E-state index in [0.717, 1.165) is 21.0 Å². The van der Waals surface area contributed by atoms with Crippen LogP contribution in [-0.4, -0.2) is 43.8 Å². The van der Waals surface area contributed by atoms with Gasteiger partial charge in [0, 0.05) is 24.0 Å². The molecule has 0 aliphatic heterocycles. The van der Waals surface area contributed by atoms with Crippen LogP contribution in [0.4, 0.5) is 5.69 Å². The van der Waals surface area contributed by atoms with Crippen molar-refractivity contribution in [1.82, 2.24) is 10.2 Å². The van der Waals surface area contributed by atoms with E-state index in [1.165, 1.54) is 4.90 Å². The van der Waals surface area contributed by atoms with E-state index in [9.17, 15) is 18.0 Å². The number of aryl methyl sites for hydroxylation is 2. The van der Waals surface area contributed by atoms with E-state index in [1.54, 1.807) is 60.7 Å². The number of halogens is 1. The molecule has 9 heteroatoms. The molecule has 1 N–H and O–H groups in total. The second-order valence-corrected chi connectivity index (χ2v) is 13.6. The van der Waals surface area contributed by atoms with Crippen LogP contribution in [-0.2, 0) is 32.6 Å². The zero-order valence-electron chi connectivity index (χ0n) is 26.1. The van der Waals surface area contributed by atoms with Gasteiger partial charge >= 0.3 is 0 Å². The van der Waals surface area contributed by atoms with E-state index in [4.69, 9.17) is 11.6 Å². The van der Waals surface area contributed by atoms with Gasteiger partial charge in [0.15, 0.2) is 0 Å². The highest BCUT2D eigenvalue weighted by atomic mass is 35.5. The molecule has 0 unspecified atom stereocenters. The van der Waals surface area contributed by atoms with Crippen molar-refractivity contribution < 1.29 is 18.0 Å². The lowest BCUT2D eigenvalue weighted by molar-refractivity contribution is -0.140. The molecule has 4 rings (SSSR count). The number of nitrogens with one attached hydrogen (secondary N) is 1. The lowest BCUT2D eigenvalue weighted by Crippen LogP contribution is -2.54. The highest BCUT2D eigenvalue weighted by Crippen LogP contribution is 2.26. The molecule has 0 aromatic heterocycles. The number of anilines is 1. The normalized spacial score (nSPS) is 12.6. The fourth-order valence-corrected chi connectivity index (χ4v) is 6.60. The number of carbonyl (C=O) groups excluding carboxylic acids is 2. The van der Waals surface area contributed by atoms with Crippen LogP contribution in [0.3, 0.4) is 0 Å². The van der Waals surface area contributed by atoms with Gasteiger partial charge in [0.05, 0.1) is 10.6 Å². The maximum absolute atomic E-state index is 14.5. The van der Waals surface area contributed by atoms with E-state index in [0.29, 0.717) is 22.7 Å². The zero-order valence-corrected chi connectivity index (χ0v) is 27.7. The van der Waals surface area contributed by atoms with Gasteiger partial charge in [-0.3, -0.25) is 13.9 Å². The van der Waals surface area contributed by atoms with Crippen molar-refractivity contribution in [3.63, 3.8) is 0 Å². The quantitative estimate of drug-likeness (QED) is 0.175. The maximum atomic E-state index is 14.5. The van der Waals surface area contributed by atoms with E-state index < -0.39 is 28.5 Å². The summed E-state index contributed by atoms with van der Waals surface area (Å²) >= 11 is 6.32. The molecule has 2 amide bonds. The molecule has 0 saturated heterocycles. The minimum atomic E-state index is -4.16. The molecule has 0 saturated carbocycles. The van der Waals surface area contributed by atoms with E-state index >= 15 is 0 Å². The molecular formula is C36H40ClN3O4S. The summed E-state index contributed by atoms with van der Waals surface area (Å²) in [6.45, 7) is 7.17. The number of nitrogens with zero attached hydrogens (tertiary/aromatic N) is 2. The number of hydrogen-bond donors (Lipinski definition) is 1. The summed E-state index contributed by atoms with van der Waals surface area (Å²) in [5, 5.41) is 3.54. The molecule has 0 aliphatic carbocycles. The topological polar surface area (TPSA) is 86.8 Å². The highest BCUT2D eigenvalue weighted by Gasteiger charge is 2.35. The molecule has 0 aliphatic rings. The molecule has 4 aromatic carbocycles. The zero-order chi connectivity index (χ0) is 32.6. The predicted octanol–water partition coefficient (Wildman–Crippen LogP) is 6.71. The molecule has 7 nitrogen and oxygen atoms in total. The van der Waals surface area contributed by atoms with Crippen LogP contribution in [0.1, 0.15) is 42.5 Å². The molecule has 236 valence electrons. The largest absolute Gasteiger partial charge is 0.352 e. The lowest BCUT2D eigenvalue weighted by Gasteiger charge is -2.34. The minimum Gasteiger partial charge on any atom is -0.352 e. The summed E-state index contributed by atoms with van der Waals surface area (Å²) in [6, 6.07) is 29.1. The lowest BCUT2D eigenvalue weighted by atomic mass is 10.0. The van der Waals surface area contributed by atoms with Crippen LogP contribution in [0.5, 0.6) is 0 Å². The Morgan fingerprint density at radius 3 is 2.13 bits per heavy atom. The molecule has 2 atom stereocenters. The van der Waals surface area contributed by atoms with Gasteiger partial charge < -0.3 is 10.2 Å². The third-order valence-corrected chi connectivity index (χ3v) is 9.71. The summed E-state index contributed by atoms with van der Waals surface area (Å²) in [5.74, 6) is -0.834. The van der Waals surface area contributed by atoms with Gasteiger partial charge in [0.25, 0.3) is 10.0 Å². The van der Waals surface area contributed by atoms with Crippen molar-refractivity contribution in [2.75, 3.05) is 10.8 Å². The standard InChI is InChI=1S/C36H40ClN3O4S/c1-5-28(4)38-36(42)34(23-29-12-7-6-8-13-29)39(24-30-14-10-15-31(37)22-30)35(41)25-40(32-16-9-11-27(3)21-32)45(43,44)33-19-17-26(2)18-20-33/h6-22,28,34H,5,23-25H2,1-4H3,(H,38,42)/t28-,34-/m1/s1. The number of sulfonamides is 1. The third-order valence-electron chi connectivity index (χ3n) is 7.69. The van der Waals surface area contributed by atoms with Crippen molar-refractivity contribution in [2.45, 2.75) is 64.1 Å². The number of amides is 2. The summed E-state index contributed by atoms with van der Waals surface area (Å²) in [4.78, 5) is 30.0. The summed E-state index contributed by atoms with van der Waals surface area (Å²) < 4.78 is 29.4. The monoisotopic (exact) mass is 645 g/mol. The Morgan fingerprint density at radius 2 is 1.49 bits per heavy atom. The summed E-state index contributed by atoms with van der Waals surface area (Å²) in [5.41, 5.74) is 3.70. The van der Waals surface area contributed by atoms with Crippen molar-refractivity contribution in [3.05, 3.63) is 130 Å².